The van der Waals surface area contributed by atoms with Crippen molar-refractivity contribution in [3.05, 3.63) is 83.9 Å². The summed E-state index contributed by atoms with van der Waals surface area (Å²) in [6.45, 7) is 0.657. The first-order chi connectivity index (χ1) is 12.5. The number of nitrogens with zero attached hydrogens (tertiary/aromatic N) is 3. The molecule has 0 radical (unpaired) electrons. The number of halogens is 1. The third-order valence-corrected chi connectivity index (χ3v) is 3.98. The fourth-order valence-corrected chi connectivity index (χ4v) is 2.73. The van der Waals surface area contributed by atoms with Gasteiger partial charge in [-0.2, -0.15) is 5.10 Å². The number of hydrogen-bond acceptors (Lipinski definition) is 3. The Kier molecular flexibility index (Phi) is 5.43. The van der Waals surface area contributed by atoms with Crippen LogP contribution in [-0.4, -0.2) is 41.2 Å². The molecule has 5 nitrogen and oxygen atoms in total. The van der Waals surface area contributed by atoms with Crippen molar-refractivity contribution in [2.45, 2.75) is 6.04 Å². The summed E-state index contributed by atoms with van der Waals surface area (Å²) in [5, 5.41) is 7.23. The zero-order valence-electron chi connectivity index (χ0n) is 14.8. The highest BCUT2D eigenvalue weighted by atomic mass is 19.1. The lowest BCUT2D eigenvalue weighted by Crippen LogP contribution is -2.35. The minimum absolute atomic E-state index is 0.169. The van der Waals surface area contributed by atoms with Crippen LogP contribution >= 0.6 is 0 Å². The number of carbonyl (C=O) groups excluding carboxylic acids is 1. The van der Waals surface area contributed by atoms with Crippen molar-refractivity contribution in [3.8, 4) is 5.69 Å². The number of nitrogens with one attached hydrogen (secondary N) is 1. The molecule has 0 saturated heterocycles. The molecule has 0 saturated carbocycles. The van der Waals surface area contributed by atoms with Crippen molar-refractivity contribution in [1.29, 1.82) is 0 Å². The SMILES string of the molecule is CN(C)CC(NC(=O)c1ccn(-c2ccccc2F)n1)c1ccccc1. The molecular weight excluding hydrogens is 331 g/mol. The molecule has 1 atom stereocenters. The lowest BCUT2D eigenvalue weighted by molar-refractivity contribution is 0.0924. The average molecular weight is 352 g/mol. The third kappa shape index (κ3) is 4.15. The van der Waals surface area contributed by atoms with Gasteiger partial charge in [-0.25, -0.2) is 9.07 Å². The average Bonchev–Trinajstić information content (AvgIpc) is 3.12. The first kappa shape index (κ1) is 17.8. The molecule has 3 rings (SSSR count). The van der Waals surface area contributed by atoms with Gasteiger partial charge in [-0.3, -0.25) is 4.79 Å². The molecule has 1 N–H and O–H groups in total. The number of para-hydroxylation sites is 1. The number of rotatable bonds is 6. The van der Waals surface area contributed by atoms with Crippen molar-refractivity contribution in [2.75, 3.05) is 20.6 Å². The Morgan fingerprint density at radius 1 is 1.12 bits per heavy atom. The molecule has 0 aliphatic rings. The summed E-state index contributed by atoms with van der Waals surface area (Å²) in [4.78, 5) is 14.7. The van der Waals surface area contributed by atoms with Gasteiger partial charge in [0.1, 0.15) is 11.5 Å². The standard InChI is InChI=1S/C20H21FN4O/c1-24(2)14-18(15-8-4-3-5-9-15)22-20(26)17-12-13-25(23-17)19-11-7-6-10-16(19)21/h3-13,18H,14H2,1-2H3,(H,22,26). The number of likely N-dealkylation sites (N-methyl/N-ethyl adjacent to an activating group) is 1. The van der Waals surface area contributed by atoms with Crippen LogP contribution in [0.4, 0.5) is 4.39 Å². The Bertz CT molecular complexity index is 876. The van der Waals surface area contributed by atoms with E-state index in [2.05, 4.69) is 10.4 Å². The van der Waals surface area contributed by atoms with E-state index in [-0.39, 0.29) is 17.6 Å². The second-order valence-corrected chi connectivity index (χ2v) is 6.30. The van der Waals surface area contributed by atoms with Crippen molar-refractivity contribution >= 4 is 5.91 Å². The van der Waals surface area contributed by atoms with Gasteiger partial charge in [0.15, 0.2) is 5.69 Å². The molecule has 1 heterocycles. The maximum Gasteiger partial charge on any atom is 0.272 e. The van der Waals surface area contributed by atoms with E-state index in [1.807, 2.05) is 49.3 Å². The second-order valence-electron chi connectivity index (χ2n) is 6.30. The monoisotopic (exact) mass is 352 g/mol. The first-order valence-electron chi connectivity index (χ1n) is 8.35. The molecule has 134 valence electrons. The fraction of sp³-hybridized carbons (Fsp3) is 0.200. The van der Waals surface area contributed by atoms with E-state index in [0.717, 1.165) is 5.56 Å². The lowest BCUT2D eigenvalue weighted by atomic mass is 10.1. The van der Waals surface area contributed by atoms with Crippen LogP contribution in [0, 0.1) is 5.82 Å². The minimum atomic E-state index is -0.391. The number of aromatic nitrogens is 2. The molecule has 0 fully saturated rings. The summed E-state index contributed by atoms with van der Waals surface area (Å²) in [5.74, 6) is -0.687. The number of amides is 1. The molecule has 0 aliphatic heterocycles. The summed E-state index contributed by atoms with van der Waals surface area (Å²) in [5.41, 5.74) is 1.57. The van der Waals surface area contributed by atoms with Crippen LogP contribution < -0.4 is 5.32 Å². The molecule has 6 heteroatoms. The quantitative estimate of drug-likeness (QED) is 0.742. The fourth-order valence-electron chi connectivity index (χ4n) is 2.73. The number of carbonyl (C=O) groups is 1. The Balaban J connectivity index is 1.79. The van der Waals surface area contributed by atoms with Crippen molar-refractivity contribution in [2.24, 2.45) is 0 Å². The highest BCUT2D eigenvalue weighted by molar-refractivity contribution is 5.92. The van der Waals surface area contributed by atoms with Gasteiger partial charge in [0.05, 0.1) is 6.04 Å². The molecule has 0 spiro atoms. The number of benzene rings is 2. The summed E-state index contributed by atoms with van der Waals surface area (Å²) >= 11 is 0. The Labute approximate surface area is 152 Å². The second kappa shape index (κ2) is 7.93. The van der Waals surface area contributed by atoms with Gasteiger partial charge in [0, 0.05) is 12.7 Å². The summed E-state index contributed by atoms with van der Waals surface area (Å²) in [6, 6.07) is 17.5. The minimum Gasteiger partial charge on any atom is -0.343 e. The molecule has 1 unspecified atom stereocenters. The van der Waals surface area contributed by atoms with Crippen LogP contribution in [0.1, 0.15) is 22.1 Å². The van der Waals surface area contributed by atoms with Gasteiger partial charge in [0.2, 0.25) is 0 Å². The van der Waals surface area contributed by atoms with E-state index in [9.17, 15) is 9.18 Å². The first-order valence-corrected chi connectivity index (χ1v) is 8.35. The Morgan fingerprint density at radius 2 is 1.81 bits per heavy atom. The van der Waals surface area contributed by atoms with E-state index in [0.29, 0.717) is 12.2 Å². The van der Waals surface area contributed by atoms with Crippen LogP contribution in [0.2, 0.25) is 0 Å². The van der Waals surface area contributed by atoms with Gasteiger partial charge in [-0.1, -0.05) is 42.5 Å². The molecule has 26 heavy (non-hydrogen) atoms. The molecule has 0 bridgehead atoms. The van der Waals surface area contributed by atoms with Gasteiger partial charge in [-0.05, 0) is 37.9 Å². The molecule has 3 aromatic rings. The summed E-state index contributed by atoms with van der Waals surface area (Å²) < 4.78 is 15.3. The van der Waals surface area contributed by atoms with E-state index in [4.69, 9.17) is 0 Å². The Morgan fingerprint density at radius 3 is 2.50 bits per heavy atom. The van der Waals surface area contributed by atoms with Gasteiger partial charge < -0.3 is 10.2 Å². The van der Waals surface area contributed by atoms with E-state index >= 15 is 0 Å². The van der Waals surface area contributed by atoms with Crippen LogP contribution in [0.3, 0.4) is 0 Å². The van der Waals surface area contributed by atoms with Crippen LogP contribution in [0.15, 0.2) is 66.9 Å². The molecule has 0 aliphatic carbocycles. The zero-order chi connectivity index (χ0) is 18.5. The van der Waals surface area contributed by atoms with E-state index in [1.54, 1.807) is 30.5 Å². The number of hydrogen-bond donors (Lipinski definition) is 1. The zero-order valence-corrected chi connectivity index (χ0v) is 14.8. The van der Waals surface area contributed by atoms with Crippen molar-refractivity contribution < 1.29 is 9.18 Å². The van der Waals surface area contributed by atoms with Gasteiger partial charge in [-0.15, -0.1) is 0 Å². The molecule has 1 aromatic heterocycles. The maximum absolute atomic E-state index is 13.9. The molecule has 1 amide bonds. The third-order valence-electron chi connectivity index (χ3n) is 3.98. The largest absolute Gasteiger partial charge is 0.343 e. The smallest absolute Gasteiger partial charge is 0.272 e. The summed E-state index contributed by atoms with van der Waals surface area (Å²) in [6.07, 6.45) is 1.58. The van der Waals surface area contributed by atoms with E-state index in [1.165, 1.54) is 10.7 Å². The molecule has 2 aromatic carbocycles. The predicted octanol–water partition coefficient (Wildman–Crippen LogP) is 3.04. The van der Waals surface area contributed by atoms with Gasteiger partial charge in [0.25, 0.3) is 5.91 Å². The normalized spacial score (nSPS) is 12.2. The maximum atomic E-state index is 13.9. The highest BCUT2D eigenvalue weighted by Crippen LogP contribution is 2.15. The molecular formula is C20H21FN4O. The Hall–Kier alpha value is -2.99. The van der Waals surface area contributed by atoms with Crippen LogP contribution in [-0.2, 0) is 0 Å². The summed E-state index contributed by atoms with van der Waals surface area (Å²) in [7, 11) is 3.91. The van der Waals surface area contributed by atoms with Crippen molar-refractivity contribution in [3.63, 3.8) is 0 Å². The van der Waals surface area contributed by atoms with Gasteiger partial charge >= 0.3 is 0 Å². The van der Waals surface area contributed by atoms with E-state index < -0.39 is 5.82 Å². The van der Waals surface area contributed by atoms with Crippen LogP contribution in [0.5, 0.6) is 0 Å². The topological polar surface area (TPSA) is 50.2 Å². The highest BCUT2D eigenvalue weighted by Gasteiger charge is 2.18. The van der Waals surface area contributed by atoms with Crippen molar-refractivity contribution in [1.82, 2.24) is 20.0 Å². The predicted molar refractivity (Wildman–Crippen MR) is 98.7 cm³/mol. The lowest BCUT2D eigenvalue weighted by Gasteiger charge is -2.22. The van der Waals surface area contributed by atoms with Crippen LogP contribution in [0.25, 0.3) is 5.69 Å².